The summed E-state index contributed by atoms with van der Waals surface area (Å²) >= 11 is 6.30. The van der Waals surface area contributed by atoms with Crippen molar-refractivity contribution in [1.29, 1.82) is 0 Å². The molecular weight excluding hydrogens is 300 g/mol. The zero-order valence-corrected chi connectivity index (χ0v) is 12.5. The number of halogens is 1. The summed E-state index contributed by atoms with van der Waals surface area (Å²) in [7, 11) is 0. The Kier molecular flexibility index (Phi) is 3.24. The Morgan fingerprint density at radius 1 is 1.05 bits per heavy atom. The van der Waals surface area contributed by atoms with E-state index in [1.807, 2.05) is 53.3 Å². The fourth-order valence-electron chi connectivity index (χ4n) is 2.47. The molecule has 4 nitrogen and oxygen atoms in total. The van der Waals surface area contributed by atoms with Crippen LogP contribution in [0.15, 0.2) is 54.7 Å². The van der Waals surface area contributed by atoms with Gasteiger partial charge in [-0.05, 0) is 17.7 Å². The molecule has 0 aliphatic carbocycles. The van der Waals surface area contributed by atoms with Gasteiger partial charge < -0.3 is 9.47 Å². The fourth-order valence-corrected chi connectivity index (χ4v) is 2.68. The lowest BCUT2D eigenvalue weighted by atomic mass is 10.2. The maximum atomic E-state index is 6.30. The van der Waals surface area contributed by atoms with Crippen LogP contribution in [0.3, 0.4) is 0 Å². The van der Waals surface area contributed by atoms with Gasteiger partial charge in [0.1, 0.15) is 0 Å². The van der Waals surface area contributed by atoms with Crippen LogP contribution in [0.2, 0.25) is 5.02 Å². The number of hydrogen-bond acceptors (Lipinski definition) is 3. The van der Waals surface area contributed by atoms with Crippen molar-refractivity contribution in [2.45, 2.75) is 6.54 Å². The quantitative estimate of drug-likeness (QED) is 0.734. The average Bonchev–Trinajstić information content (AvgIpc) is 3.18. The molecule has 110 valence electrons. The molecular formula is C17H13ClN2O2. The summed E-state index contributed by atoms with van der Waals surface area (Å²) in [4.78, 5) is 0. The highest BCUT2D eigenvalue weighted by Crippen LogP contribution is 2.37. The highest BCUT2D eigenvalue weighted by Gasteiger charge is 2.16. The van der Waals surface area contributed by atoms with Gasteiger partial charge >= 0.3 is 0 Å². The molecule has 0 bridgehead atoms. The highest BCUT2D eigenvalue weighted by atomic mass is 35.5. The minimum Gasteiger partial charge on any atom is -0.454 e. The smallest absolute Gasteiger partial charge is 0.231 e. The molecule has 1 aliphatic rings. The lowest BCUT2D eigenvalue weighted by Crippen LogP contribution is -2.01. The van der Waals surface area contributed by atoms with Crippen molar-refractivity contribution < 1.29 is 9.47 Å². The Labute approximate surface area is 132 Å². The molecule has 0 spiro atoms. The van der Waals surface area contributed by atoms with Crippen LogP contribution < -0.4 is 9.47 Å². The topological polar surface area (TPSA) is 36.3 Å². The van der Waals surface area contributed by atoms with Crippen molar-refractivity contribution in [3.05, 3.63) is 65.3 Å². The first kappa shape index (κ1) is 13.2. The van der Waals surface area contributed by atoms with Gasteiger partial charge in [0.05, 0.1) is 12.2 Å². The van der Waals surface area contributed by atoms with Gasteiger partial charge in [-0.3, -0.25) is 4.68 Å². The molecule has 3 aromatic rings. The lowest BCUT2D eigenvalue weighted by Gasteiger charge is -2.06. The zero-order chi connectivity index (χ0) is 14.9. The van der Waals surface area contributed by atoms with E-state index in [1.54, 1.807) is 6.07 Å². The SMILES string of the molecule is Clc1cc2c(cc1Cn1ccc(-c3ccccc3)n1)OCO2. The molecule has 2 aromatic carbocycles. The summed E-state index contributed by atoms with van der Waals surface area (Å²) in [6.45, 7) is 0.831. The first-order valence-corrected chi connectivity index (χ1v) is 7.34. The molecule has 5 heteroatoms. The van der Waals surface area contributed by atoms with Crippen LogP contribution in [-0.2, 0) is 6.54 Å². The largest absolute Gasteiger partial charge is 0.454 e. The second-order valence-corrected chi connectivity index (χ2v) is 5.47. The minimum absolute atomic E-state index is 0.245. The second-order valence-electron chi connectivity index (χ2n) is 5.06. The van der Waals surface area contributed by atoms with Crippen LogP contribution in [0, 0.1) is 0 Å². The van der Waals surface area contributed by atoms with Gasteiger partial charge in [-0.2, -0.15) is 5.10 Å². The lowest BCUT2D eigenvalue weighted by molar-refractivity contribution is 0.174. The predicted molar refractivity (Wildman–Crippen MR) is 84.3 cm³/mol. The summed E-state index contributed by atoms with van der Waals surface area (Å²) in [6.07, 6.45) is 1.95. The van der Waals surface area contributed by atoms with Crippen LogP contribution in [0.1, 0.15) is 5.56 Å². The predicted octanol–water partition coefficient (Wildman–Crippen LogP) is 3.98. The van der Waals surface area contributed by atoms with Gasteiger partial charge in [0, 0.05) is 22.8 Å². The number of nitrogens with zero attached hydrogens (tertiary/aromatic N) is 2. The molecule has 0 fully saturated rings. The molecule has 0 saturated heterocycles. The molecule has 0 atom stereocenters. The molecule has 0 unspecified atom stereocenters. The average molecular weight is 313 g/mol. The van der Waals surface area contributed by atoms with Gasteiger partial charge in [0.25, 0.3) is 0 Å². The van der Waals surface area contributed by atoms with E-state index >= 15 is 0 Å². The first-order valence-electron chi connectivity index (χ1n) is 6.96. The number of ether oxygens (including phenoxy) is 2. The van der Waals surface area contributed by atoms with E-state index in [4.69, 9.17) is 21.1 Å². The third kappa shape index (κ3) is 2.42. The second kappa shape index (κ2) is 5.39. The number of hydrogen-bond donors (Lipinski definition) is 0. The van der Waals surface area contributed by atoms with E-state index in [2.05, 4.69) is 5.10 Å². The molecule has 1 aliphatic heterocycles. The minimum atomic E-state index is 0.245. The van der Waals surface area contributed by atoms with Crippen LogP contribution >= 0.6 is 11.6 Å². The molecule has 4 rings (SSSR count). The molecule has 0 amide bonds. The van der Waals surface area contributed by atoms with E-state index in [9.17, 15) is 0 Å². The van der Waals surface area contributed by atoms with Crippen molar-refractivity contribution in [2.75, 3.05) is 6.79 Å². The van der Waals surface area contributed by atoms with Crippen molar-refractivity contribution in [3.63, 3.8) is 0 Å². The summed E-state index contributed by atoms with van der Waals surface area (Å²) in [5.41, 5.74) is 2.99. The zero-order valence-electron chi connectivity index (χ0n) is 11.7. The third-order valence-corrected chi connectivity index (χ3v) is 3.94. The standard InChI is InChI=1S/C17H13ClN2O2/c18-14-9-17-16(21-11-22-17)8-13(14)10-20-7-6-15(19-20)12-4-2-1-3-5-12/h1-9H,10-11H2. The summed E-state index contributed by atoms with van der Waals surface area (Å²) < 4.78 is 12.6. The normalized spacial score (nSPS) is 12.6. The van der Waals surface area contributed by atoms with E-state index in [0.717, 1.165) is 22.6 Å². The summed E-state index contributed by atoms with van der Waals surface area (Å²) in [5, 5.41) is 5.25. The summed E-state index contributed by atoms with van der Waals surface area (Å²) in [5.74, 6) is 1.43. The highest BCUT2D eigenvalue weighted by molar-refractivity contribution is 6.31. The molecule has 22 heavy (non-hydrogen) atoms. The van der Waals surface area contributed by atoms with Crippen molar-refractivity contribution in [2.24, 2.45) is 0 Å². The maximum absolute atomic E-state index is 6.30. The number of aromatic nitrogens is 2. The van der Waals surface area contributed by atoms with Crippen molar-refractivity contribution in [3.8, 4) is 22.8 Å². The van der Waals surface area contributed by atoms with Crippen LogP contribution in [0.25, 0.3) is 11.3 Å². The number of benzene rings is 2. The van der Waals surface area contributed by atoms with Gasteiger partial charge in [0.15, 0.2) is 11.5 Å². The fraction of sp³-hybridized carbons (Fsp3) is 0.118. The molecule has 0 saturated carbocycles. The number of rotatable bonds is 3. The first-order chi connectivity index (χ1) is 10.8. The Bertz CT molecular complexity index is 815. The van der Waals surface area contributed by atoms with Gasteiger partial charge in [-0.15, -0.1) is 0 Å². The third-order valence-electron chi connectivity index (χ3n) is 3.58. The molecule has 2 heterocycles. The van der Waals surface area contributed by atoms with E-state index in [-0.39, 0.29) is 6.79 Å². The van der Waals surface area contributed by atoms with E-state index in [0.29, 0.717) is 17.3 Å². The van der Waals surface area contributed by atoms with Gasteiger partial charge in [-0.25, -0.2) is 0 Å². The van der Waals surface area contributed by atoms with Gasteiger partial charge in [-0.1, -0.05) is 41.9 Å². The molecule has 0 N–H and O–H groups in total. The Morgan fingerprint density at radius 2 is 1.82 bits per heavy atom. The van der Waals surface area contributed by atoms with E-state index < -0.39 is 0 Å². The van der Waals surface area contributed by atoms with E-state index in [1.165, 1.54) is 0 Å². The molecule has 1 aromatic heterocycles. The van der Waals surface area contributed by atoms with Crippen LogP contribution in [0.4, 0.5) is 0 Å². The Hall–Kier alpha value is -2.46. The number of fused-ring (bicyclic) bond motifs is 1. The van der Waals surface area contributed by atoms with Crippen LogP contribution in [-0.4, -0.2) is 16.6 Å². The van der Waals surface area contributed by atoms with Gasteiger partial charge in [0.2, 0.25) is 6.79 Å². The molecule has 0 radical (unpaired) electrons. The van der Waals surface area contributed by atoms with Crippen molar-refractivity contribution in [1.82, 2.24) is 9.78 Å². The Balaban J connectivity index is 1.61. The van der Waals surface area contributed by atoms with Crippen LogP contribution in [0.5, 0.6) is 11.5 Å². The Morgan fingerprint density at radius 3 is 2.64 bits per heavy atom. The summed E-state index contributed by atoms with van der Waals surface area (Å²) in [6, 6.07) is 15.8. The maximum Gasteiger partial charge on any atom is 0.231 e. The monoisotopic (exact) mass is 312 g/mol. The van der Waals surface area contributed by atoms with Crippen molar-refractivity contribution >= 4 is 11.6 Å².